The predicted molar refractivity (Wildman–Crippen MR) is 83.3 cm³/mol. The summed E-state index contributed by atoms with van der Waals surface area (Å²) in [5, 5.41) is 3.43. The third-order valence-electron chi connectivity index (χ3n) is 3.69. The Labute approximate surface area is 122 Å². The second-order valence-corrected chi connectivity index (χ2v) is 6.41. The average Bonchev–Trinajstić information content (AvgIpc) is 2.44. The van der Waals surface area contributed by atoms with Crippen LogP contribution in [-0.4, -0.2) is 49.3 Å². The fourth-order valence-electron chi connectivity index (χ4n) is 2.34. The van der Waals surface area contributed by atoms with Crippen LogP contribution in [0.25, 0.3) is 0 Å². The Morgan fingerprint density at radius 2 is 2.05 bits per heavy atom. The van der Waals surface area contributed by atoms with Crippen LogP contribution in [0, 0.1) is 0 Å². The molecule has 20 heavy (non-hydrogen) atoms. The van der Waals surface area contributed by atoms with Crippen LogP contribution in [0.5, 0.6) is 0 Å². The Kier molecular flexibility index (Phi) is 5.38. The zero-order valence-electron chi connectivity index (χ0n) is 13.0. The fourth-order valence-corrected chi connectivity index (χ4v) is 2.34. The highest BCUT2D eigenvalue weighted by atomic mass is 16.5. The molecule has 0 spiro atoms. The molecule has 0 atom stereocenters. The zero-order chi connectivity index (χ0) is 14.4. The van der Waals surface area contributed by atoms with E-state index in [2.05, 4.69) is 48.1 Å². The third-order valence-corrected chi connectivity index (χ3v) is 3.69. The average molecular weight is 277 g/mol. The quantitative estimate of drug-likeness (QED) is 0.839. The maximum atomic E-state index is 5.35. The van der Waals surface area contributed by atoms with Gasteiger partial charge in [0.2, 0.25) is 0 Å². The van der Waals surface area contributed by atoms with Gasteiger partial charge < -0.3 is 10.1 Å². The van der Waals surface area contributed by atoms with E-state index in [4.69, 9.17) is 4.74 Å². The van der Waals surface area contributed by atoms with E-state index >= 15 is 0 Å². The van der Waals surface area contributed by atoms with Gasteiger partial charge in [-0.2, -0.15) is 0 Å². The number of anilines is 1. The van der Waals surface area contributed by atoms with E-state index in [1.165, 1.54) is 5.56 Å². The van der Waals surface area contributed by atoms with Crippen LogP contribution in [-0.2, 0) is 10.2 Å². The zero-order valence-corrected chi connectivity index (χ0v) is 13.0. The Morgan fingerprint density at radius 1 is 1.30 bits per heavy atom. The van der Waals surface area contributed by atoms with Gasteiger partial charge in [-0.3, -0.25) is 4.90 Å². The topological polar surface area (TPSA) is 37.4 Å². The lowest BCUT2D eigenvalue weighted by Crippen LogP contribution is -2.37. The van der Waals surface area contributed by atoms with E-state index in [1.54, 1.807) is 0 Å². The van der Waals surface area contributed by atoms with Crippen molar-refractivity contribution in [2.24, 2.45) is 0 Å². The molecular formula is C16H27N3O. The second kappa shape index (κ2) is 7.04. The molecule has 0 saturated carbocycles. The number of hydrogen-bond donors (Lipinski definition) is 1. The lowest BCUT2D eigenvalue weighted by atomic mass is 9.88. The molecule has 0 amide bonds. The molecule has 1 aliphatic heterocycles. The summed E-state index contributed by atoms with van der Waals surface area (Å²) in [5.74, 6) is 0.986. The molecular weight excluding hydrogens is 250 g/mol. The first-order valence-electron chi connectivity index (χ1n) is 7.56. The number of rotatable bonds is 5. The van der Waals surface area contributed by atoms with Gasteiger partial charge in [0.05, 0.1) is 13.2 Å². The van der Waals surface area contributed by atoms with Crippen LogP contribution in [0.15, 0.2) is 18.3 Å². The monoisotopic (exact) mass is 277 g/mol. The molecule has 0 aliphatic carbocycles. The van der Waals surface area contributed by atoms with E-state index in [9.17, 15) is 0 Å². The van der Waals surface area contributed by atoms with Crippen LogP contribution in [0.1, 0.15) is 32.8 Å². The first-order valence-corrected chi connectivity index (χ1v) is 7.56. The van der Waals surface area contributed by atoms with Crippen LogP contribution < -0.4 is 5.32 Å². The van der Waals surface area contributed by atoms with Crippen molar-refractivity contribution in [2.75, 3.05) is 44.7 Å². The van der Waals surface area contributed by atoms with Gasteiger partial charge in [0.25, 0.3) is 0 Å². The van der Waals surface area contributed by atoms with Gasteiger partial charge in [0.1, 0.15) is 5.82 Å². The second-order valence-electron chi connectivity index (χ2n) is 6.41. The van der Waals surface area contributed by atoms with Gasteiger partial charge in [0, 0.05) is 25.8 Å². The summed E-state index contributed by atoms with van der Waals surface area (Å²) in [4.78, 5) is 6.86. The first-order chi connectivity index (χ1) is 9.55. The summed E-state index contributed by atoms with van der Waals surface area (Å²) in [5.41, 5.74) is 1.50. The number of morpholine rings is 1. The van der Waals surface area contributed by atoms with Crippen LogP contribution in [0.2, 0.25) is 0 Å². The summed E-state index contributed by atoms with van der Waals surface area (Å²) in [7, 11) is 0. The Balaban J connectivity index is 1.73. The normalized spacial score (nSPS) is 17.1. The minimum Gasteiger partial charge on any atom is -0.379 e. The molecule has 2 rings (SSSR count). The van der Waals surface area contributed by atoms with Crippen molar-refractivity contribution in [2.45, 2.75) is 32.6 Å². The van der Waals surface area contributed by atoms with Crippen molar-refractivity contribution < 1.29 is 4.74 Å². The minimum atomic E-state index is 0.174. The maximum Gasteiger partial charge on any atom is 0.126 e. The molecule has 0 bridgehead atoms. The Bertz CT molecular complexity index is 408. The SMILES string of the molecule is CC(C)(C)c1ccnc(NCCCN2CCOCC2)c1. The fraction of sp³-hybridized carbons (Fsp3) is 0.688. The Hall–Kier alpha value is -1.13. The molecule has 112 valence electrons. The van der Waals surface area contributed by atoms with Gasteiger partial charge in [-0.25, -0.2) is 4.98 Å². The summed E-state index contributed by atoms with van der Waals surface area (Å²) < 4.78 is 5.35. The molecule has 0 radical (unpaired) electrons. The van der Waals surface area contributed by atoms with E-state index in [1.807, 2.05) is 6.20 Å². The number of ether oxygens (including phenoxy) is 1. The van der Waals surface area contributed by atoms with Crippen molar-refractivity contribution in [3.63, 3.8) is 0 Å². The number of pyridine rings is 1. The minimum absolute atomic E-state index is 0.174. The van der Waals surface area contributed by atoms with Crippen molar-refractivity contribution >= 4 is 5.82 Å². The number of nitrogens with zero attached hydrogens (tertiary/aromatic N) is 2. The molecule has 1 aromatic heterocycles. The van der Waals surface area contributed by atoms with Gasteiger partial charge in [-0.05, 0) is 36.1 Å². The smallest absolute Gasteiger partial charge is 0.126 e. The summed E-state index contributed by atoms with van der Waals surface area (Å²) in [6.45, 7) is 12.7. The maximum absolute atomic E-state index is 5.35. The Morgan fingerprint density at radius 3 is 2.75 bits per heavy atom. The van der Waals surface area contributed by atoms with Crippen molar-refractivity contribution in [1.82, 2.24) is 9.88 Å². The molecule has 1 aromatic rings. The lowest BCUT2D eigenvalue weighted by Gasteiger charge is -2.26. The molecule has 1 fully saturated rings. The van der Waals surface area contributed by atoms with E-state index in [-0.39, 0.29) is 5.41 Å². The van der Waals surface area contributed by atoms with Crippen LogP contribution >= 0.6 is 0 Å². The van der Waals surface area contributed by atoms with E-state index in [0.29, 0.717) is 0 Å². The molecule has 4 nitrogen and oxygen atoms in total. The molecule has 1 N–H and O–H groups in total. The van der Waals surface area contributed by atoms with Crippen molar-refractivity contribution in [3.05, 3.63) is 23.9 Å². The van der Waals surface area contributed by atoms with Crippen LogP contribution in [0.4, 0.5) is 5.82 Å². The molecule has 0 aromatic carbocycles. The lowest BCUT2D eigenvalue weighted by molar-refractivity contribution is 0.0378. The van der Waals surface area contributed by atoms with Gasteiger partial charge in [-0.1, -0.05) is 20.8 Å². The predicted octanol–water partition coefficient (Wildman–Crippen LogP) is 2.51. The van der Waals surface area contributed by atoms with E-state index in [0.717, 1.165) is 51.6 Å². The van der Waals surface area contributed by atoms with Crippen molar-refractivity contribution in [3.8, 4) is 0 Å². The highest BCUT2D eigenvalue weighted by Crippen LogP contribution is 2.23. The molecule has 0 unspecified atom stereocenters. The third kappa shape index (κ3) is 4.76. The number of aromatic nitrogens is 1. The number of nitrogens with one attached hydrogen (secondary N) is 1. The molecule has 4 heteroatoms. The van der Waals surface area contributed by atoms with Crippen molar-refractivity contribution in [1.29, 1.82) is 0 Å². The van der Waals surface area contributed by atoms with Crippen LogP contribution in [0.3, 0.4) is 0 Å². The molecule has 1 aliphatic rings. The highest BCUT2D eigenvalue weighted by molar-refractivity contribution is 5.39. The highest BCUT2D eigenvalue weighted by Gasteiger charge is 2.14. The summed E-state index contributed by atoms with van der Waals surface area (Å²) in [6, 6.07) is 4.26. The first kappa shape index (κ1) is 15.3. The van der Waals surface area contributed by atoms with Gasteiger partial charge >= 0.3 is 0 Å². The summed E-state index contributed by atoms with van der Waals surface area (Å²) >= 11 is 0. The standard InChI is InChI=1S/C16H27N3O/c1-16(2,3)14-5-7-18-15(13-14)17-6-4-8-19-9-11-20-12-10-19/h5,7,13H,4,6,8-12H2,1-3H3,(H,17,18). The summed E-state index contributed by atoms with van der Waals surface area (Å²) in [6.07, 6.45) is 3.03. The van der Waals surface area contributed by atoms with Gasteiger partial charge in [0.15, 0.2) is 0 Å². The van der Waals surface area contributed by atoms with E-state index < -0.39 is 0 Å². The molecule has 2 heterocycles. The largest absolute Gasteiger partial charge is 0.379 e. The molecule has 1 saturated heterocycles. The van der Waals surface area contributed by atoms with Gasteiger partial charge in [-0.15, -0.1) is 0 Å². The number of hydrogen-bond acceptors (Lipinski definition) is 4.